The highest BCUT2D eigenvalue weighted by atomic mass is 16.6. The zero-order chi connectivity index (χ0) is 13.3. The summed E-state index contributed by atoms with van der Waals surface area (Å²) in [7, 11) is 0. The number of non-ortho nitro benzene ring substituents is 1. The van der Waals surface area contributed by atoms with Crippen molar-refractivity contribution in [3.63, 3.8) is 0 Å². The lowest BCUT2D eigenvalue weighted by molar-refractivity contribution is -0.384. The topological polar surface area (TPSA) is 113 Å². The molecule has 1 unspecified atom stereocenters. The Labute approximate surface area is 103 Å². The molecule has 94 valence electrons. The average molecular weight is 248 g/mol. The lowest BCUT2D eigenvalue weighted by Gasteiger charge is -2.09. The summed E-state index contributed by atoms with van der Waals surface area (Å²) in [5, 5.41) is 21.9. The lowest BCUT2D eigenvalue weighted by Crippen LogP contribution is -2.14. The number of nitro benzene ring substituents is 1. The van der Waals surface area contributed by atoms with E-state index in [4.69, 9.17) is 5.73 Å². The van der Waals surface area contributed by atoms with Crippen LogP contribution in [0.1, 0.15) is 24.4 Å². The summed E-state index contributed by atoms with van der Waals surface area (Å²) < 4.78 is 1.49. The molecule has 0 aliphatic rings. The molecule has 0 spiro atoms. The van der Waals surface area contributed by atoms with Crippen molar-refractivity contribution in [1.29, 1.82) is 0 Å². The summed E-state index contributed by atoms with van der Waals surface area (Å²) in [6.45, 7) is 3.53. The first kappa shape index (κ1) is 12.1. The smallest absolute Gasteiger partial charge is 0.269 e. The van der Waals surface area contributed by atoms with E-state index in [0.29, 0.717) is 17.1 Å². The van der Waals surface area contributed by atoms with Crippen LogP contribution in [0.5, 0.6) is 0 Å². The minimum Gasteiger partial charge on any atom is -0.321 e. The standard InChI is InChI=1S/C10H12N6O2/c1-6-5-8(16(17)18)3-4-9(6)15-10(7(2)11)12-13-14-15/h3-5,7H,11H2,1-2H3. The number of nitrogens with two attached hydrogens (primary N) is 1. The first-order valence-corrected chi connectivity index (χ1v) is 5.30. The normalized spacial score (nSPS) is 12.4. The number of hydrogen-bond donors (Lipinski definition) is 1. The van der Waals surface area contributed by atoms with Crippen LogP contribution in [0.25, 0.3) is 5.69 Å². The van der Waals surface area contributed by atoms with Gasteiger partial charge in [-0.25, -0.2) is 0 Å². The van der Waals surface area contributed by atoms with Crippen molar-refractivity contribution in [3.8, 4) is 5.69 Å². The third kappa shape index (κ3) is 2.05. The Hall–Kier alpha value is -2.35. The predicted octanol–water partition coefficient (Wildman–Crippen LogP) is 0.899. The van der Waals surface area contributed by atoms with Gasteiger partial charge in [-0.05, 0) is 35.9 Å². The molecule has 1 aromatic heterocycles. The quantitative estimate of drug-likeness (QED) is 0.637. The van der Waals surface area contributed by atoms with Gasteiger partial charge in [0.1, 0.15) is 0 Å². The second kappa shape index (κ2) is 4.49. The second-order valence-electron chi connectivity index (χ2n) is 3.97. The molecule has 0 amide bonds. The molecule has 0 aliphatic heterocycles. The Balaban J connectivity index is 2.51. The fourth-order valence-corrected chi connectivity index (χ4v) is 1.64. The maximum atomic E-state index is 10.7. The van der Waals surface area contributed by atoms with Gasteiger partial charge in [0.15, 0.2) is 5.82 Å². The summed E-state index contributed by atoms with van der Waals surface area (Å²) >= 11 is 0. The zero-order valence-electron chi connectivity index (χ0n) is 9.94. The molecule has 0 aliphatic carbocycles. The molecule has 18 heavy (non-hydrogen) atoms. The van der Waals surface area contributed by atoms with E-state index in [1.165, 1.54) is 16.8 Å². The van der Waals surface area contributed by atoms with E-state index in [1.807, 2.05) is 0 Å². The number of hydrogen-bond acceptors (Lipinski definition) is 6. The fourth-order valence-electron chi connectivity index (χ4n) is 1.64. The largest absolute Gasteiger partial charge is 0.321 e. The van der Waals surface area contributed by atoms with E-state index in [2.05, 4.69) is 15.5 Å². The number of nitrogens with zero attached hydrogens (tertiary/aromatic N) is 5. The molecule has 8 heteroatoms. The number of aromatic nitrogens is 4. The highest BCUT2D eigenvalue weighted by molar-refractivity contribution is 5.47. The van der Waals surface area contributed by atoms with Gasteiger partial charge in [-0.2, -0.15) is 4.68 Å². The van der Waals surface area contributed by atoms with Crippen molar-refractivity contribution in [2.75, 3.05) is 0 Å². The average Bonchev–Trinajstić information content (AvgIpc) is 2.77. The van der Waals surface area contributed by atoms with Gasteiger partial charge < -0.3 is 5.73 Å². The van der Waals surface area contributed by atoms with Gasteiger partial charge in [0.25, 0.3) is 5.69 Å². The van der Waals surface area contributed by atoms with Gasteiger partial charge in [-0.15, -0.1) is 5.10 Å². The van der Waals surface area contributed by atoms with Crippen LogP contribution in [0.2, 0.25) is 0 Å². The van der Waals surface area contributed by atoms with Crippen LogP contribution < -0.4 is 5.73 Å². The number of tetrazole rings is 1. The van der Waals surface area contributed by atoms with Gasteiger partial charge in [0.05, 0.1) is 16.7 Å². The van der Waals surface area contributed by atoms with E-state index in [9.17, 15) is 10.1 Å². The van der Waals surface area contributed by atoms with Gasteiger partial charge in [-0.1, -0.05) is 0 Å². The van der Waals surface area contributed by atoms with E-state index in [1.54, 1.807) is 19.9 Å². The predicted molar refractivity (Wildman–Crippen MR) is 63.1 cm³/mol. The van der Waals surface area contributed by atoms with Crippen LogP contribution in [-0.4, -0.2) is 25.1 Å². The molecule has 2 N–H and O–H groups in total. The van der Waals surface area contributed by atoms with Crippen LogP contribution in [0.4, 0.5) is 5.69 Å². The van der Waals surface area contributed by atoms with Crippen LogP contribution in [0, 0.1) is 17.0 Å². The van der Waals surface area contributed by atoms with Crippen molar-refractivity contribution in [2.24, 2.45) is 5.73 Å². The van der Waals surface area contributed by atoms with Crippen LogP contribution in [0.15, 0.2) is 18.2 Å². The molecule has 0 saturated heterocycles. The first-order valence-electron chi connectivity index (χ1n) is 5.30. The molecule has 0 fully saturated rings. The van der Waals surface area contributed by atoms with E-state index >= 15 is 0 Å². The van der Waals surface area contributed by atoms with Gasteiger partial charge in [-0.3, -0.25) is 10.1 Å². The van der Waals surface area contributed by atoms with Crippen LogP contribution >= 0.6 is 0 Å². The third-order valence-corrected chi connectivity index (χ3v) is 2.52. The molecule has 0 bridgehead atoms. The Morgan fingerprint density at radius 2 is 2.22 bits per heavy atom. The molecule has 0 radical (unpaired) electrons. The summed E-state index contributed by atoms with van der Waals surface area (Å²) in [5.41, 5.74) is 7.17. The molecule has 0 saturated carbocycles. The van der Waals surface area contributed by atoms with Crippen molar-refractivity contribution >= 4 is 5.69 Å². The highest BCUT2D eigenvalue weighted by Gasteiger charge is 2.15. The Bertz CT molecular complexity index is 592. The first-order chi connectivity index (χ1) is 8.50. The van der Waals surface area contributed by atoms with Gasteiger partial charge in [0, 0.05) is 12.1 Å². The molecule has 1 heterocycles. The SMILES string of the molecule is Cc1cc([N+](=O)[O-])ccc1-n1nnnc1C(C)N. The maximum Gasteiger partial charge on any atom is 0.269 e. The molecular weight excluding hydrogens is 236 g/mol. The third-order valence-electron chi connectivity index (χ3n) is 2.52. The Morgan fingerprint density at radius 3 is 2.78 bits per heavy atom. The highest BCUT2D eigenvalue weighted by Crippen LogP contribution is 2.21. The maximum absolute atomic E-state index is 10.7. The molecule has 2 aromatic rings. The molecular formula is C10H12N6O2. The Kier molecular flexibility index (Phi) is 3.02. The van der Waals surface area contributed by atoms with Crippen molar-refractivity contribution in [1.82, 2.24) is 20.2 Å². The fraction of sp³-hybridized carbons (Fsp3) is 0.300. The van der Waals surface area contributed by atoms with Crippen molar-refractivity contribution in [2.45, 2.75) is 19.9 Å². The summed E-state index contributed by atoms with van der Waals surface area (Å²) in [4.78, 5) is 10.2. The van der Waals surface area contributed by atoms with Crippen molar-refractivity contribution in [3.05, 3.63) is 39.7 Å². The van der Waals surface area contributed by atoms with E-state index < -0.39 is 4.92 Å². The second-order valence-corrected chi connectivity index (χ2v) is 3.97. The van der Waals surface area contributed by atoms with Crippen molar-refractivity contribution < 1.29 is 4.92 Å². The number of nitro groups is 1. The monoisotopic (exact) mass is 248 g/mol. The van der Waals surface area contributed by atoms with Crippen LogP contribution in [-0.2, 0) is 0 Å². The minimum atomic E-state index is -0.442. The van der Waals surface area contributed by atoms with Crippen LogP contribution in [0.3, 0.4) is 0 Å². The summed E-state index contributed by atoms with van der Waals surface area (Å²) in [6.07, 6.45) is 0. The molecule has 1 aromatic carbocycles. The number of aryl methyl sites for hydroxylation is 1. The molecule has 8 nitrogen and oxygen atoms in total. The van der Waals surface area contributed by atoms with Gasteiger partial charge in [0.2, 0.25) is 0 Å². The van der Waals surface area contributed by atoms with E-state index in [-0.39, 0.29) is 11.7 Å². The lowest BCUT2D eigenvalue weighted by atomic mass is 10.1. The van der Waals surface area contributed by atoms with E-state index in [0.717, 1.165) is 0 Å². The minimum absolute atomic E-state index is 0.0340. The zero-order valence-corrected chi connectivity index (χ0v) is 9.94. The Morgan fingerprint density at radius 1 is 1.50 bits per heavy atom. The van der Waals surface area contributed by atoms with Gasteiger partial charge >= 0.3 is 0 Å². The summed E-state index contributed by atoms with van der Waals surface area (Å²) in [5.74, 6) is 0.506. The number of rotatable bonds is 3. The summed E-state index contributed by atoms with van der Waals surface area (Å²) in [6, 6.07) is 4.17. The number of benzene rings is 1. The molecule has 2 rings (SSSR count). The molecule has 1 atom stereocenters.